The highest BCUT2D eigenvalue weighted by molar-refractivity contribution is 6.31. The third kappa shape index (κ3) is 5.48. The number of halogens is 1. The van der Waals surface area contributed by atoms with Gasteiger partial charge in [0.05, 0.1) is 24.4 Å². The van der Waals surface area contributed by atoms with Crippen LogP contribution in [0.4, 0.5) is 17.1 Å². The molecule has 0 aromatic heterocycles. The molecule has 0 saturated carbocycles. The Morgan fingerprint density at radius 2 is 1.81 bits per heavy atom. The number of hydrogen-bond donors (Lipinski definition) is 2. The van der Waals surface area contributed by atoms with Gasteiger partial charge in [-0.1, -0.05) is 17.7 Å². The van der Waals surface area contributed by atoms with Crippen molar-refractivity contribution >= 4 is 46.4 Å². The highest BCUT2D eigenvalue weighted by Gasteiger charge is 2.26. The number of amides is 2. The predicted molar refractivity (Wildman–Crippen MR) is 126 cm³/mol. The first-order valence-electron chi connectivity index (χ1n) is 10.3. The Kier molecular flexibility index (Phi) is 7.20. The van der Waals surface area contributed by atoms with Crippen molar-refractivity contribution in [3.63, 3.8) is 0 Å². The summed E-state index contributed by atoms with van der Waals surface area (Å²) in [4.78, 5) is 39.2. The number of anilines is 3. The molecule has 2 N–H and O–H groups in total. The zero-order chi connectivity index (χ0) is 23.4. The largest absolute Gasteiger partial charge is 0.466 e. The smallest absolute Gasteiger partial charge is 0.311 e. The highest BCUT2D eigenvalue weighted by Crippen LogP contribution is 2.33. The van der Waals surface area contributed by atoms with E-state index in [0.717, 1.165) is 16.7 Å². The van der Waals surface area contributed by atoms with Crippen molar-refractivity contribution in [1.82, 2.24) is 0 Å². The molecule has 168 valence electrons. The van der Waals surface area contributed by atoms with Crippen LogP contribution in [0.2, 0.25) is 5.02 Å². The van der Waals surface area contributed by atoms with Crippen LogP contribution in [0.3, 0.4) is 0 Å². The summed E-state index contributed by atoms with van der Waals surface area (Å²) in [6, 6.07) is 8.98. The normalized spacial score (nSPS) is 13.0. The van der Waals surface area contributed by atoms with Crippen LogP contribution in [0.15, 0.2) is 42.1 Å². The van der Waals surface area contributed by atoms with Gasteiger partial charge >= 0.3 is 5.97 Å². The molecule has 2 aromatic carbocycles. The van der Waals surface area contributed by atoms with Gasteiger partial charge in [-0.05, 0) is 68.7 Å². The van der Waals surface area contributed by atoms with Crippen LogP contribution in [0.1, 0.15) is 30.0 Å². The quantitative estimate of drug-likeness (QED) is 0.626. The van der Waals surface area contributed by atoms with E-state index in [-0.39, 0.29) is 25.5 Å². The van der Waals surface area contributed by atoms with Crippen LogP contribution >= 0.6 is 11.6 Å². The molecule has 0 atom stereocenters. The van der Waals surface area contributed by atoms with E-state index < -0.39 is 11.9 Å². The standard InChI is InChI=1S/C24H26ClN3O4/c1-5-32-24(31)12-18-11-23(30)28(21-9-16(4)15(3)8-20(21)26-18)13-22(29)27-17-7-6-14(2)19(25)10-17/h6-11,26H,5,12-13H2,1-4H3,(H,27,29). The summed E-state index contributed by atoms with van der Waals surface area (Å²) in [6.45, 7) is 7.54. The van der Waals surface area contributed by atoms with Crippen molar-refractivity contribution in [1.29, 1.82) is 0 Å². The Morgan fingerprint density at radius 1 is 1.09 bits per heavy atom. The van der Waals surface area contributed by atoms with Gasteiger partial charge in [-0.2, -0.15) is 0 Å². The average Bonchev–Trinajstić information content (AvgIpc) is 2.82. The van der Waals surface area contributed by atoms with Crippen LogP contribution in [-0.2, 0) is 19.1 Å². The molecule has 8 heteroatoms. The Hall–Kier alpha value is -3.32. The van der Waals surface area contributed by atoms with Gasteiger partial charge in [0.15, 0.2) is 0 Å². The van der Waals surface area contributed by atoms with E-state index in [1.54, 1.807) is 19.1 Å². The van der Waals surface area contributed by atoms with E-state index in [0.29, 0.717) is 27.8 Å². The van der Waals surface area contributed by atoms with Gasteiger partial charge in [-0.25, -0.2) is 0 Å². The number of esters is 1. The third-order valence-corrected chi connectivity index (χ3v) is 5.57. The number of carbonyl (C=O) groups is 3. The lowest BCUT2D eigenvalue weighted by Gasteiger charge is -2.23. The fourth-order valence-corrected chi connectivity index (χ4v) is 3.50. The Bertz CT molecular complexity index is 1110. The summed E-state index contributed by atoms with van der Waals surface area (Å²) in [5, 5.41) is 6.49. The molecule has 2 amide bonds. The number of rotatable bonds is 6. The van der Waals surface area contributed by atoms with Crippen LogP contribution in [-0.4, -0.2) is 30.9 Å². The molecule has 1 heterocycles. The first-order chi connectivity index (χ1) is 15.2. The Morgan fingerprint density at radius 3 is 2.50 bits per heavy atom. The molecule has 0 unspecified atom stereocenters. The number of benzene rings is 2. The maximum atomic E-state index is 13.1. The monoisotopic (exact) mass is 455 g/mol. The summed E-state index contributed by atoms with van der Waals surface area (Å²) in [5.74, 6) is -1.22. The fraction of sp³-hybridized carbons (Fsp3) is 0.292. The van der Waals surface area contributed by atoms with E-state index in [2.05, 4.69) is 10.6 Å². The molecule has 2 aromatic rings. The minimum Gasteiger partial charge on any atom is -0.466 e. The number of ether oxygens (including phenoxy) is 1. The highest BCUT2D eigenvalue weighted by atomic mass is 35.5. The van der Waals surface area contributed by atoms with Crippen molar-refractivity contribution in [2.45, 2.75) is 34.1 Å². The molecule has 0 aliphatic carbocycles. The molecule has 0 saturated heterocycles. The molecule has 0 fully saturated rings. The second kappa shape index (κ2) is 9.87. The number of aryl methyl sites for hydroxylation is 3. The molecule has 3 rings (SSSR count). The zero-order valence-electron chi connectivity index (χ0n) is 18.5. The van der Waals surface area contributed by atoms with Crippen molar-refractivity contribution < 1.29 is 19.1 Å². The SMILES string of the molecule is CCOC(=O)CC1=CC(=O)N(CC(=O)Nc2ccc(C)c(Cl)c2)c2cc(C)c(C)cc2N1. The number of fused-ring (bicyclic) bond motifs is 1. The second-order valence-electron chi connectivity index (χ2n) is 7.67. The number of hydrogen-bond acceptors (Lipinski definition) is 5. The van der Waals surface area contributed by atoms with Gasteiger partial charge in [-0.3, -0.25) is 19.3 Å². The second-order valence-corrected chi connectivity index (χ2v) is 8.07. The average molecular weight is 456 g/mol. The van der Waals surface area contributed by atoms with Crippen LogP contribution < -0.4 is 15.5 Å². The van der Waals surface area contributed by atoms with Crippen molar-refractivity contribution in [3.05, 3.63) is 63.8 Å². The summed E-state index contributed by atoms with van der Waals surface area (Å²) in [7, 11) is 0. The minimum absolute atomic E-state index is 0.0755. The number of nitrogens with zero attached hydrogens (tertiary/aromatic N) is 1. The van der Waals surface area contributed by atoms with Crippen molar-refractivity contribution in [3.8, 4) is 0 Å². The van der Waals surface area contributed by atoms with E-state index >= 15 is 0 Å². The Labute approximate surface area is 192 Å². The molecule has 0 spiro atoms. The molecule has 1 aliphatic rings. The molecule has 0 radical (unpaired) electrons. The topological polar surface area (TPSA) is 87.7 Å². The molecular weight excluding hydrogens is 430 g/mol. The number of nitrogens with one attached hydrogen (secondary N) is 2. The van der Waals surface area contributed by atoms with Crippen LogP contribution in [0.25, 0.3) is 0 Å². The van der Waals surface area contributed by atoms with E-state index in [1.165, 1.54) is 11.0 Å². The molecule has 7 nitrogen and oxygen atoms in total. The summed E-state index contributed by atoms with van der Waals surface area (Å²) >= 11 is 6.14. The van der Waals surface area contributed by atoms with Gasteiger partial charge in [-0.15, -0.1) is 0 Å². The minimum atomic E-state index is -0.438. The first kappa shape index (κ1) is 23.3. The molecule has 0 bridgehead atoms. The van der Waals surface area contributed by atoms with Gasteiger partial charge in [0.25, 0.3) is 5.91 Å². The molecule has 1 aliphatic heterocycles. The lowest BCUT2D eigenvalue weighted by molar-refractivity contribution is -0.142. The lowest BCUT2D eigenvalue weighted by atomic mass is 10.1. The van der Waals surface area contributed by atoms with Crippen molar-refractivity contribution in [2.75, 3.05) is 28.7 Å². The van der Waals surface area contributed by atoms with E-state index in [4.69, 9.17) is 16.3 Å². The Balaban J connectivity index is 1.89. The van der Waals surface area contributed by atoms with Gasteiger partial charge in [0.2, 0.25) is 5.91 Å². The predicted octanol–water partition coefficient (Wildman–Crippen LogP) is 4.50. The van der Waals surface area contributed by atoms with Crippen LogP contribution in [0.5, 0.6) is 0 Å². The maximum absolute atomic E-state index is 13.1. The van der Waals surface area contributed by atoms with E-state index in [9.17, 15) is 14.4 Å². The summed E-state index contributed by atoms with van der Waals surface area (Å²) in [5.41, 5.74) is 5.04. The van der Waals surface area contributed by atoms with Crippen LogP contribution in [0, 0.1) is 20.8 Å². The van der Waals surface area contributed by atoms with Gasteiger partial charge in [0, 0.05) is 22.5 Å². The molecular formula is C24H26ClN3O4. The lowest BCUT2D eigenvalue weighted by Crippen LogP contribution is -2.37. The third-order valence-electron chi connectivity index (χ3n) is 5.16. The zero-order valence-corrected chi connectivity index (χ0v) is 19.3. The van der Waals surface area contributed by atoms with E-state index in [1.807, 2.05) is 39.0 Å². The first-order valence-corrected chi connectivity index (χ1v) is 10.7. The summed E-state index contributed by atoms with van der Waals surface area (Å²) in [6.07, 6.45) is 1.26. The maximum Gasteiger partial charge on any atom is 0.311 e. The van der Waals surface area contributed by atoms with Crippen molar-refractivity contribution in [2.24, 2.45) is 0 Å². The number of carbonyl (C=O) groups excluding carboxylic acids is 3. The summed E-state index contributed by atoms with van der Waals surface area (Å²) < 4.78 is 5.01. The molecule has 32 heavy (non-hydrogen) atoms. The van der Waals surface area contributed by atoms with Gasteiger partial charge in [0.1, 0.15) is 6.54 Å². The fourth-order valence-electron chi connectivity index (χ4n) is 3.32. The van der Waals surface area contributed by atoms with Gasteiger partial charge < -0.3 is 15.4 Å².